The van der Waals surface area contributed by atoms with Gasteiger partial charge in [-0.1, -0.05) is 48.5 Å². The highest BCUT2D eigenvalue weighted by atomic mass is 32.2. The molecule has 0 spiro atoms. The lowest BCUT2D eigenvalue weighted by Crippen LogP contribution is -2.43. The number of hydrogen-bond acceptors (Lipinski definition) is 3. The second-order valence-corrected chi connectivity index (χ2v) is 7.68. The van der Waals surface area contributed by atoms with E-state index >= 15 is 0 Å². The Kier molecular flexibility index (Phi) is 6.95. The minimum absolute atomic E-state index is 0.124. The maximum absolute atomic E-state index is 12.5. The molecule has 1 amide bonds. The number of nitrogens with one attached hydrogen (secondary N) is 1. The van der Waals surface area contributed by atoms with Crippen LogP contribution in [-0.2, 0) is 11.3 Å². The fourth-order valence-corrected chi connectivity index (χ4v) is 4.05. The van der Waals surface area contributed by atoms with Gasteiger partial charge in [0.25, 0.3) is 0 Å². The number of likely N-dealkylation sites (tertiary alicyclic amines) is 1. The molecule has 3 rings (SSSR count). The molecule has 1 saturated heterocycles. The molecule has 2 aromatic rings. The van der Waals surface area contributed by atoms with Gasteiger partial charge in [-0.05, 0) is 37.1 Å². The summed E-state index contributed by atoms with van der Waals surface area (Å²) >= 11 is 1.79. The second kappa shape index (κ2) is 9.64. The maximum atomic E-state index is 12.5. The van der Waals surface area contributed by atoms with Crippen molar-refractivity contribution in [3.63, 3.8) is 0 Å². The van der Waals surface area contributed by atoms with Crippen molar-refractivity contribution in [2.45, 2.75) is 24.3 Å². The number of piperidine rings is 1. The van der Waals surface area contributed by atoms with E-state index in [0.717, 1.165) is 44.8 Å². The molecule has 1 N–H and O–H groups in total. The first kappa shape index (κ1) is 18.0. The van der Waals surface area contributed by atoms with Crippen molar-refractivity contribution in [1.29, 1.82) is 0 Å². The SMILES string of the molecule is O=C(NCCSc1ccccc1)C1CCCN(Cc2ccccc2)C1. The molecule has 1 unspecified atom stereocenters. The van der Waals surface area contributed by atoms with Gasteiger partial charge in [0.05, 0.1) is 5.92 Å². The molecule has 1 atom stereocenters. The molecule has 0 aliphatic carbocycles. The summed E-state index contributed by atoms with van der Waals surface area (Å²) in [4.78, 5) is 16.1. The monoisotopic (exact) mass is 354 g/mol. The molecule has 25 heavy (non-hydrogen) atoms. The zero-order chi connectivity index (χ0) is 17.3. The molecule has 1 aliphatic rings. The predicted octanol–water partition coefficient (Wildman–Crippen LogP) is 3.81. The van der Waals surface area contributed by atoms with Crippen LogP contribution in [-0.4, -0.2) is 36.2 Å². The minimum atomic E-state index is 0.124. The van der Waals surface area contributed by atoms with Crippen molar-refractivity contribution in [3.05, 3.63) is 66.2 Å². The van der Waals surface area contributed by atoms with E-state index in [0.29, 0.717) is 0 Å². The van der Waals surface area contributed by atoms with Gasteiger partial charge in [0, 0.05) is 30.3 Å². The van der Waals surface area contributed by atoms with Gasteiger partial charge in [0.1, 0.15) is 0 Å². The van der Waals surface area contributed by atoms with E-state index < -0.39 is 0 Å². The Hall–Kier alpha value is -1.78. The Morgan fingerprint density at radius 1 is 1.08 bits per heavy atom. The quantitative estimate of drug-likeness (QED) is 0.606. The molecule has 1 heterocycles. The van der Waals surface area contributed by atoms with Gasteiger partial charge in [-0.2, -0.15) is 0 Å². The Morgan fingerprint density at radius 3 is 2.56 bits per heavy atom. The van der Waals surface area contributed by atoms with Crippen molar-refractivity contribution >= 4 is 17.7 Å². The Bertz CT molecular complexity index is 647. The zero-order valence-electron chi connectivity index (χ0n) is 14.6. The third-order valence-electron chi connectivity index (χ3n) is 4.54. The highest BCUT2D eigenvalue weighted by Gasteiger charge is 2.25. The highest BCUT2D eigenvalue weighted by molar-refractivity contribution is 7.99. The van der Waals surface area contributed by atoms with E-state index in [2.05, 4.69) is 46.6 Å². The standard InChI is InChI=1S/C21H26N2OS/c24-21(22-13-15-25-20-11-5-2-6-12-20)19-10-7-14-23(17-19)16-18-8-3-1-4-9-18/h1-6,8-9,11-12,19H,7,10,13-17H2,(H,22,24). The molecule has 0 saturated carbocycles. The average molecular weight is 355 g/mol. The van der Waals surface area contributed by atoms with Crippen LogP contribution < -0.4 is 5.32 Å². The van der Waals surface area contributed by atoms with E-state index in [1.165, 1.54) is 10.5 Å². The van der Waals surface area contributed by atoms with E-state index in [1.54, 1.807) is 11.8 Å². The third-order valence-corrected chi connectivity index (χ3v) is 5.55. The Morgan fingerprint density at radius 2 is 1.80 bits per heavy atom. The van der Waals surface area contributed by atoms with Crippen LogP contribution in [0.25, 0.3) is 0 Å². The van der Waals surface area contributed by atoms with E-state index in [1.807, 2.05) is 24.3 Å². The Balaban J connectivity index is 1.39. The summed E-state index contributed by atoms with van der Waals surface area (Å²) in [7, 11) is 0. The van der Waals surface area contributed by atoms with Gasteiger partial charge in [-0.15, -0.1) is 11.8 Å². The van der Waals surface area contributed by atoms with Crippen LogP contribution in [0, 0.1) is 5.92 Å². The van der Waals surface area contributed by atoms with Gasteiger partial charge < -0.3 is 5.32 Å². The number of rotatable bonds is 7. The van der Waals surface area contributed by atoms with Gasteiger partial charge in [-0.3, -0.25) is 9.69 Å². The summed E-state index contributed by atoms with van der Waals surface area (Å²) in [5, 5.41) is 3.12. The molecule has 0 bridgehead atoms. The van der Waals surface area contributed by atoms with Crippen molar-refractivity contribution < 1.29 is 4.79 Å². The molecular weight excluding hydrogens is 328 g/mol. The topological polar surface area (TPSA) is 32.3 Å². The summed E-state index contributed by atoms with van der Waals surface area (Å²) in [6.45, 7) is 3.62. The van der Waals surface area contributed by atoms with Crippen molar-refractivity contribution in [2.24, 2.45) is 5.92 Å². The second-order valence-electron chi connectivity index (χ2n) is 6.51. The lowest BCUT2D eigenvalue weighted by atomic mass is 9.96. The summed E-state index contributed by atoms with van der Waals surface area (Å²) in [5.41, 5.74) is 1.32. The van der Waals surface area contributed by atoms with E-state index in [9.17, 15) is 4.79 Å². The van der Waals surface area contributed by atoms with Crippen LogP contribution >= 0.6 is 11.8 Å². The molecule has 1 aliphatic heterocycles. The van der Waals surface area contributed by atoms with Crippen LogP contribution in [0.5, 0.6) is 0 Å². The van der Waals surface area contributed by atoms with E-state index in [4.69, 9.17) is 0 Å². The number of amides is 1. The maximum Gasteiger partial charge on any atom is 0.224 e. The van der Waals surface area contributed by atoms with Gasteiger partial charge >= 0.3 is 0 Å². The number of hydrogen-bond donors (Lipinski definition) is 1. The highest BCUT2D eigenvalue weighted by Crippen LogP contribution is 2.19. The molecule has 2 aromatic carbocycles. The van der Waals surface area contributed by atoms with Crippen LogP contribution in [0.2, 0.25) is 0 Å². The molecule has 3 nitrogen and oxygen atoms in total. The van der Waals surface area contributed by atoms with Crippen molar-refractivity contribution in [2.75, 3.05) is 25.4 Å². The summed E-state index contributed by atoms with van der Waals surface area (Å²) in [5.74, 6) is 1.25. The number of benzene rings is 2. The first-order valence-corrected chi connectivity index (χ1v) is 10.0. The van der Waals surface area contributed by atoms with Crippen molar-refractivity contribution in [1.82, 2.24) is 10.2 Å². The summed E-state index contributed by atoms with van der Waals surface area (Å²) in [6, 6.07) is 20.8. The smallest absolute Gasteiger partial charge is 0.224 e. The number of thioether (sulfide) groups is 1. The van der Waals surface area contributed by atoms with Crippen LogP contribution in [0.15, 0.2) is 65.6 Å². The normalized spacial score (nSPS) is 18.0. The minimum Gasteiger partial charge on any atom is -0.355 e. The van der Waals surface area contributed by atoms with Gasteiger partial charge in [-0.25, -0.2) is 0 Å². The van der Waals surface area contributed by atoms with Gasteiger partial charge in [0.15, 0.2) is 0 Å². The first-order valence-electron chi connectivity index (χ1n) is 9.03. The summed E-state index contributed by atoms with van der Waals surface area (Å²) in [6.07, 6.45) is 2.10. The van der Waals surface area contributed by atoms with E-state index in [-0.39, 0.29) is 11.8 Å². The number of carbonyl (C=O) groups is 1. The number of nitrogens with zero attached hydrogens (tertiary/aromatic N) is 1. The molecule has 0 radical (unpaired) electrons. The third kappa shape index (κ3) is 5.91. The zero-order valence-corrected chi connectivity index (χ0v) is 15.4. The molecule has 1 fully saturated rings. The lowest BCUT2D eigenvalue weighted by molar-refractivity contribution is -0.126. The first-order chi connectivity index (χ1) is 12.3. The summed E-state index contributed by atoms with van der Waals surface area (Å²) < 4.78 is 0. The number of carbonyl (C=O) groups excluding carboxylic acids is 1. The molecule has 4 heteroatoms. The molecule has 132 valence electrons. The van der Waals surface area contributed by atoms with Crippen LogP contribution in [0.1, 0.15) is 18.4 Å². The van der Waals surface area contributed by atoms with Gasteiger partial charge in [0.2, 0.25) is 5.91 Å². The predicted molar refractivity (Wildman–Crippen MR) is 105 cm³/mol. The fraction of sp³-hybridized carbons (Fsp3) is 0.381. The van der Waals surface area contributed by atoms with Crippen LogP contribution in [0.3, 0.4) is 0 Å². The lowest BCUT2D eigenvalue weighted by Gasteiger charge is -2.32. The van der Waals surface area contributed by atoms with Crippen LogP contribution in [0.4, 0.5) is 0 Å². The molecule has 0 aromatic heterocycles. The Labute approximate surface area is 154 Å². The fourth-order valence-electron chi connectivity index (χ4n) is 3.26. The van der Waals surface area contributed by atoms with Crippen molar-refractivity contribution in [3.8, 4) is 0 Å². The largest absolute Gasteiger partial charge is 0.355 e. The average Bonchev–Trinajstić information content (AvgIpc) is 2.67. The molecular formula is C21H26N2OS.